The van der Waals surface area contributed by atoms with Crippen LogP contribution in [0.4, 0.5) is 10.5 Å². The van der Waals surface area contributed by atoms with Gasteiger partial charge in [0.2, 0.25) is 0 Å². The summed E-state index contributed by atoms with van der Waals surface area (Å²) in [5.74, 6) is 0.948. The molecule has 1 fully saturated rings. The molecule has 0 saturated carbocycles. The minimum Gasteiger partial charge on any atom is -0.493 e. The summed E-state index contributed by atoms with van der Waals surface area (Å²) in [7, 11) is -2.97. The fourth-order valence-electron chi connectivity index (χ4n) is 2.38. The lowest BCUT2D eigenvalue weighted by atomic mass is 10.1. The summed E-state index contributed by atoms with van der Waals surface area (Å²) < 4.78 is 28.1. The van der Waals surface area contributed by atoms with Crippen LogP contribution in [0.5, 0.6) is 5.75 Å². The van der Waals surface area contributed by atoms with E-state index in [9.17, 15) is 13.2 Å². The van der Waals surface area contributed by atoms with Crippen molar-refractivity contribution >= 4 is 21.6 Å². The number of nitrogens with zero attached hydrogens (tertiary/aromatic N) is 1. The molecule has 0 aromatic heterocycles. The van der Waals surface area contributed by atoms with E-state index >= 15 is 0 Å². The van der Waals surface area contributed by atoms with Gasteiger partial charge in [0.05, 0.1) is 18.1 Å². The molecule has 0 atom stereocenters. The number of sulfone groups is 1. The number of nitrogens with one attached hydrogen (secondary N) is 1. The van der Waals surface area contributed by atoms with Crippen molar-refractivity contribution in [2.75, 3.05) is 36.5 Å². The third kappa shape index (κ3) is 2.72. The first-order valence-electron chi connectivity index (χ1n) is 6.56. The zero-order valence-electron chi connectivity index (χ0n) is 11.0. The van der Waals surface area contributed by atoms with Gasteiger partial charge in [-0.15, -0.1) is 0 Å². The normalized spacial score (nSPS) is 20.1. The number of hydrogen-bond acceptors (Lipinski definition) is 4. The van der Waals surface area contributed by atoms with Crippen LogP contribution < -0.4 is 10.1 Å². The molecule has 20 heavy (non-hydrogen) atoms. The SMILES string of the molecule is O=C(Nc1ccc2c(c1)CCO2)N1CCS(=O)(=O)CC1. The van der Waals surface area contributed by atoms with Gasteiger partial charge in [0.15, 0.2) is 9.84 Å². The lowest BCUT2D eigenvalue weighted by molar-refractivity contribution is 0.216. The first-order valence-corrected chi connectivity index (χ1v) is 8.38. The monoisotopic (exact) mass is 296 g/mol. The van der Waals surface area contributed by atoms with E-state index in [1.54, 1.807) is 6.07 Å². The van der Waals surface area contributed by atoms with Gasteiger partial charge in [-0.25, -0.2) is 13.2 Å². The molecule has 108 valence electrons. The number of carbonyl (C=O) groups is 1. The molecule has 1 aromatic carbocycles. The van der Waals surface area contributed by atoms with Crippen LogP contribution in [0.15, 0.2) is 18.2 Å². The molecule has 2 heterocycles. The van der Waals surface area contributed by atoms with Crippen molar-refractivity contribution in [1.29, 1.82) is 0 Å². The molecule has 0 radical (unpaired) electrons. The highest BCUT2D eigenvalue weighted by atomic mass is 32.2. The summed E-state index contributed by atoms with van der Waals surface area (Å²) in [6.45, 7) is 1.18. The minimum absolute atomic E-state index is 0.0401. The number of benzene rings is 1. The van der Waals surface area contributed by atoms with Gasteiger partial charge in [-0.05, 0) is 23.8 Å². The van der Waals surface area contributed by atoms with Crippen LogP contribution in [0.25, 0.3) is 0 Å². The molecule has 0 aliphatic carbocycles. The molecular weight excluding hydrogens is 280 g/mol. The summed E-state index contributed by atoms with van der Waals surface area (Å²) in [4.78, 5) is 13.6. The van der Waals surface area contributed by atoms with Gasteiger partial charge in [0, 0.05) is 25.2 Å². The second kappa shape index (κ2) is 4.97. The highest BCUT2D eigenvalue weighted by Gasteiger charge is 2.25. The first kappa shape index (κ1) is 13.2. The molecule has 2 aliphatic rings. The van der Waals surface area contributed by atoms with Crippen molar-refractivity contribution in [3.8, 4) is 5.75 Å². The van der Waals surface area contributed by atoms with Gasteiger partial charge in [-0.2, -0.15) is 0 Å². The zero-order chi connectivity index (χ0) is 14.2. The second-order valence-corrected chi connectivity index (χ2v) is 7.29. The molecule has 6 nitrogen and oxygen atoms in total. The number of ether oxygens (including phenoxy) is 1. The fraction of sp³-hybridized carbons (Fsp3) is 0.462. The fourth-order valence-corrected chi connectivity index (χ4v) is 3.58. The minimum atomic E-state index is -2.97. The highest BCUT2D eigenvalue weighted by molar-refractivity contribution is 7.91. The Kier molecular flexibility index (Phi) is 3.29. The topological polar surface area (TPSA) is 75.7 Å². The van der Waals surface area contributed by atoms with Crippen LogP contribution >= 0.6 is 0 Å². The van der Waals surface area contributed by atoms with Crippen molar-refractivity contribution < 1.29 is 17.9 Å². The zero-order valence-corrected chi connectivity index (χ0v) is 11.8. The van der Waals surface area contributed by atoms with E-state index < -0.39 is 9.84 Å². The molecule has 0 unspecified atom stereocenters. The van der Waals surface area contributed by atoms with Gasteiger partial charge < -0.3 is 15.0 Å². The molecule has 1 saturated heterocycles. The average molecular weight is 296 g/mol. The average Bonchev–Trinajstić information content (AvgIpc) is 2.86. The third-order valence-electron chi connectivity index (χ3n) is 3.57. The molecule has 7 heteroatoms. The van der Waals surface area contributed by atoms with Gasteiger partial charge in [-0.1, -0.05) is 0 Å². The Labute approximate surface area is 117 Å². The van der Waals surface area contributed by atoms with E-state index in [0.29, 0.717) is 12.3 Å². The maximum absolute atomic E-state index is 12.1. The van der Waals surface area contributed by atoms with E-state index in [1.807, 2.05) is 12.1 Å². The van der Waals surface area contributed by atoms with Gasteiger partial charge in [0.25, 0.3) is 0 Å². The molecule has 1 N–H and O–H groups in total. The van der Waals surface area contributed by atoms with Gasteiger partial charge in [0.1, 0.15) is 5.75 Å². The molecule has 0 bridgehead atoms. The Morgan fingerprint density at radius 3 is 2.75 bits per heavy atom. The Balaban J connectivity index is 1.65. The van der Waals surface area contributed by atoms with Crippen LogP contribution in [0.2, 0.25) is 0 Å². The van der Waals surface area contributed by atoms with Crippen LogP contribution in [0.3, 0.4) is 0 Å². The Morgan fingerprint density at radius 1 is 1.25 bits per heavy atom. The maximum Gasteiger partial charge on any atom is 0.321 e. The Hall–Kier alpha value is -1.76. The van der Waals surface area contributed by atoms with E-state index in [1.165, 1.54) is 4.90 Å². The van der Waals surface area contributed by atoms with Crippen molar-refractivity contribution in [3.63, 3.8) is 0 Å². The standard InChI is InChI=1S/C13H16N2O4S/c16-13(15-4-7-20(17,18)8-5-15)14-11-1-2-12-10(9-11)3-6-19-12/h1-2,9H,3-8H2,(H,14,16). The number of hydrogen-bond donors (Lipinski definition) is 1. The summed E-state index contributed by atoms with van der Waals surface area (Å²) in [5.41, 5.74) is 1.80. The summed E-state index contributed by atoms with van der Waals surface area (Å²) in [6.07, 6.45) is 0.848. The molecule has 0 spiro atoms. The van der Waals surface area contributed by atoms with Crippen molar-refractivity contribution in [2.45, 2.75) is 6.42 Å². The number of anilines is 1. The highest BCUT2D eigenvalue weighted by Crippen LogP contribution is 2.27. The Morgan fingerprint density at radius 2 is 2.00 bits per heavy atom. The van der Waals surface area contributed by atoms with Crippen molar-refractivity contribution in [1.82, 2.24) is 4.90 Å². The van der Waals surface area contributed by atoms with E-state index in [4.69, 9.17) is 4.74 Å². The predicted molar refractivity (Wildman–Crippen MR) is 74.9 cm³/mol. The lowest BCUT2D eigenvalue weighted by Gasteiger charge is -2.26. The van der Waals surface area contributed by atoms with Gasteiger partial charge in [-0.3, -0.25) is 0 Å². The summed E-state index contributed by atoms with van der Waals surface area (Å²) in [5, 5.41) is 2.81. The van der Waals surface area contributed by atoms with Crippen molar-refractivity contribution in [3.05, 3.63) is 23.8 Å². The number of urea groups is 1. The summed E-state index contributed by atoms with van der Waals surface area (Å²) >= 11 is 0. The quantitative estimate of drug-likeness (QED) is 0.835. The van der Waals surface area contributed by atoms with E-state index in [0.717, 1.165) is 17.7 Å². The number of rotatable bonds is 1. The molecule has 3 rings (SSSR count). The number of carbonyl (C=O) groups excluding carboxylic acids is 1. The number of amides is 2. The molecular formula is C13H16N2O4S. The van der Waals surface area contributed by atoms with Crippen LogP contribution in [0.1, 0.15) is 5.56 Å². The molecule has 1 aromatic rings. The first-order chi connectivity index (χ1) is 9.53. The molecule has 2 amide bonds. The summed E-state index contributed by atoms with van der Waals surface area (Å²) in [6, 6.07) is 5.29. The third-order valence-corrected chi connectivity index (χ3v) is 5.18. The van der Waals surface area contributed by atoms with Gasteiger partial charge >= 0.3 is 6.03 Å². The van der Waals surface area contributed by atoms with E-state index in [2.05, 4.69) is 5.32 Å². The predicted octanol–water partition coefficient (Wildman–Crippen LogP) is 0.884. The van der Waals surface area contributed by atoms with Crippen molar-refractivity contribution in [2.24, 2.45) is 0 Å². The maximum atomic E-state index is 12.1. The van der Waals surface area contributed by atoms with Crippen LogP contribution in [-0.2, 0) is 16.3 Å². The van der Waals surface area contributed by atoms with Crippen LogP contribution in [-0.4, -0.2) is 50.6 Å². The van der Waals surface area contributed by atoms with Crippen LogP contribution in [0, 0.1) is 0 Å². The molecule has 2 aliphatic heterocycles. The largest absolute Gasteiger partial charge is 0.493 e. The van der Waals surface area contributed by atoms with E-state index in [-0.39, 0.29) is 30.6 Å². The smallest absolute Gasteiger partial charge is 0.321 e. The second-order valence-electron chi connectivity index (χ2n) is 4.99. The Bertz CT molecular complexity index is 628. The lowest BCUT2D eigenvalue weighted by Crippen LogP contribution is -2.45. The number of fused-ring (bicyclic) bond motifs is 1.